The average molecular weight is 538 g/mol. The van der Waals surface area contributed by atoms with Crippen LogP contribution in [0.5, 0.6) is 0 Å². The van der Waals surface area contributed by atoms with Crippen molar-refractivity contribution in [1.29, 1.82) is 0 Å². The SMILES string of the molecule is CCc1ccc(C(C(=O)NCc2ccccc2)N(C(=O)C(NC(=O)OC(C)(C)C)C(C)C)C(C)(C)CC)cc1. The van der Waals surface area contributed by atoms with Crippen LogP contribution >= 0.6 is 0 Å². The standard InChI is InChI=1S/C32H47N3O4/c1-10-23-17-19-25(20-18-23)27(28(36)33-21-24-15-13-12-14-16-24)35(32(8,9)11-2)29(37)26(22(3)4)34-30(38)39-31(5,6)7/h12-20,22,26-27H,10-11,21H2,1-9H3,(H,33,36)(H,34,38). The molecule has 0 aromatic heterocycles. The monoisotopic (exact) mass is 537 g/mol. The summed E-state index contributed by atoms with van der Waals surface area (Å²) in [6, 6.07) is 15.7. The number of benzene rings is 2. The van der Waals surface area contributed by atoms with Gasteiger partial charge in [0.25, 0.3) is 0 Å². The van der Waals surface area contributed by atoms with Gasteiger partial charge < -0.3 is 20.3 Å². The van der Waals surface area contributed by atoms with Crippen molar-refractivity contribution < 1.29 is 19.1 Å². The highest BCUT2D eigenvalue weighted by atomic mass is 16.6. The summed E-state index contributed by atoms with van der Waals surface area (Å²) >= 11 is 0. The van der Waals surface area contributed by atoms with Crippen LogP contribution in [0.3, 0.4) is 0 Å². The fourth-order valence-electron chi connectivity index (χ4n) is 4.28. The quantitative estimate of drug-likeness (QED) is 0.359. The number of carbonyl (C=O) groups is 3. The Morgan fingerprint density at radius 2 is 1.46 bits per heavy atom. The van der Waals surface area contributed by atoms with Gasteiger partial charge in [0.05, 0.1) is 0 Å². The molecule has 2 aromatic carbocycles. The molecule has 0 radical (unpaired) electrons. The van der Waals surface area contributed by atoms with Gasteiger partial charge in [0.15, 0.2) is 0 Å². The van der Waals surface area contributed by atoms with E-state index in [-0.39, 0.29) is 17.7 Å². The van der Waals surface area contributed by atoms with E-state index in [1.165, 1.54) is 0 Å². The molecular weight excluding hydrogens is 490 g/mol. The summed E-state index contributed by atoms with van der Waals surface area (Å²) in [6.07, 6.45) is 0.802. The lowest BCUT2D eigenvalue weighted by molar-refractivity contribution is -0.150. The Hall–Kier alpha value is -3.35. The Morgan fingerprint density at radius 1 is 0.872 bits per heavy atom. The third kappa shape index (κ3) is 9.12. The van der Waals surface area contributed by atoms with Crippen molar-refractivity contribution in [2.75, 3.05) is 0 Å². The molecule has 2 N–H and O–H groups in total. The fraction of sp³-hybridized carbons (Fsp3) is 0.531. The molecular formula is C32H47N3O4. The highest BCUT2D eigenvalue weighted by Crippen LogP contribution is 2.33. The second kappa shape index (κ2) is 13.6. The van der Waals surface area contributed by atoms with Gasteiger partial charge >= 0.3 is 6.09 Å². The minimum absolute atomic E-state index is 0.240. The fourth-order valence-corrected chi connectivity index (χ4v) is 4.28. The van der Waals surface area contributed by atoms with Gasteiger partial charge in [-0.25, -0.2) is 4.79 Å². The van der Waals surface area contributed by atoms with Crippen LogP contribution < -0.4 is 10.6 Å². The molecule has 0 fully saturated rings. The van der Waals surface area contributed by atoms with E-state index < -0.39 is 29.3 Å². The molecule has 3 amide bonds. The first-order chi connectivity index (χ1) is 18.2. The number of carbonyl (C=O) groups excluding carboxylic acids is 3. The number of hydrogen-bond acceptors (Lipinski definition) is 4. The predicted octanol–water partition coefficient (Wildman–Crippen LogP) is 6.17. The molecule has 0 saturated carbocycles. The van der Waals surface area contributed by atoms with Crippen molar-refractivity contribution in [2.24, 2.45) is 5.92 Å². The molecule has 0 aliphatic heterocycles. The van der Waals surface area contributed by atoms with Crippen molar-refractivity contribution in [3.8, 4) is 0 Å². The molecule has 0 spiro atoms. The summed E-state index contributed by atoms with van der Waals surface area (Å²) in [5.74, 6) is -0.851. The van der Waals surface area contributed by atoms with Crippen molar-refractivity contribution >= 4 is 17.9 Å². The lowest BCUT2D eigenvalue weighted by Crippen LogP contribution is -2.60. The van der Waals surface area contributed by atoms with E-state index in [9.17, 15) is 14.4 Å². The first-order valence-electron chi connectivity index (χ1n) is 13.9. The van der Waals surface area contributed by atoms with Crippen molar-refractivity contribution in [3.05, 3.63) is 71.3 Å². The summed E-state index contributed by atoms with van der Waals surface area (Å²) in [7, 11) is 0. The highest BCUT2D eigenvalue weighted by molar-refractivity contribution is 5.92. The number of rotatable bonds is 11. The summed E-state index contributed by atoms with van der Waals surface area (Å²) in [5.41, 5.74) is 1.41. The lowest BCUT2D eigenvalue weighted by Gasteiger charge is -2.45. The van der Waals surface area contributed by atoms with Gasteiger partial charge in [0, 0.05) is 12.1 Å². The summed E-state index contributed by atoms with van der Waals surface area (Å²) in [4.78, 5) is 42.7. The average Bonchev–Trinajstić information content (AvgIpc) is 2.88. The van der Waals surface area contributed by atoms with E-state index in [1.807, 2.05) is 89.2 Å². The maximum atomic E-state index is 14.4. The summed E-state index contributed by atoms with van der Waals surface area (Å²) in [5, 5.41) is 5.84. The van der Waals surface area contributed by atoms with Crippen LogP contribution in [0.15, 0.2) is 54.6 Å². The Morgan fingerprint density at radius 3 is 1.95 bits per heavy atom. The minimum atomic E-state index is -0.899. The van der Waals surface area contributed by atoms with E-state index in [4.69, 9.17) is 4.74 Å². The molecule has 0 aliphatic rings. The van der Waals surface area contributed by atoms with Gasteiger partial charge in [0.2, 0.25) is 11.8 Å². The molecule has 0 heterocycles. The van der Waals surface area contributed by atoms with Gasteiger partial charge in [-0.05, 0) is 70.1 Å². The Labute approximate surface area is 234 Å². The van der Waals surface area contributed by atoms with Crippen LogP contribution in [0, 0.1) is 5.92 Å². The number of aryl methyl sites for hydroxylation is 1. The van der Waals surface area contributed by atoms with Crippen molar-refractivity contribution in [1.82, 2.24) is 15.5 Å². The molecule has 0 saturated heterocycles. The van der Waals surface area contributed by atoms with Crippen LogP contribution in [-0.4, -0.2) is 40.0 Å². The zero-order valence-electron chi connectivity index (χ0n) is 25.1. The van der Waals surface area contributed by atoms with Crippen molar-refractivity contribution in [2.45, 2.75) is 105 Å². The van der Waals surface area contributed by atoms with Crippen LogP contribution in [0.25, 0.3) is 0 Å². The molecule has 214 valence electrons. The van der Waals surface area contributed by atoms with Crippen LogP contribution in [0.4, 0.5) is 4.79 Å². The normalized spacial score (nSPS) is 13.4. The van der Waals surface area contributed by atoms with E-state index in [0.717, 1.165) is 17.5 Å². The number of amides is 3. The maximum Gasteiger partial charge on any atom is 0.408 e. The highest BCUT2D eigenvalue weighted by Gasteiger charge is 2.43. The van der Waals surface area contributed by atoms with Gasteiger partial charge in [-0.3, -0.25) is 9.59 Å². The number of nitrogens with one attached hydrogen (secondary N) is 2. The molecule has 7 heteroatoms. The van der Waals surface area contributed by atoms with E-state index >= 15 is 0 Å². The molecule has 7 nitrogen and oxygen atoms in total. The number of hydrogen-bond donors (Lipinski definition) is 2. The second-order valence-electron chi connectivity index (χ2n) is 11.9. The Bertz CT molecular complexity index is 1090. The maximum absolute atomic E-state index is 14.4. The zero-order chi connectivity index (χ0) is 29.4. The van der Waals surface area contributed by atoms with Crippen LogP contribution in [0.2, 0.25) is 0 Å². The van der Waals surface area contributed by atoms with Crippen LogP contribution in [-0.2, 0) is 27.3 Å². The largest absolute Gasteiger partial charge is 0.444 e. The first-order valence-corrected chi connectivity index (χ1v) is 13.9. The summed E-state index contributed by atoms with van der Waals surface area (Å²) in [6.45, 7) is 17.4. The third-order valence-corrected chi connectivity index (χ3v) is 6.88. The Kier molecular flexibility index (Phi) is 11.1. The number of ether oxygens (including phenoxy) is 1. The van der Waals surface area contributed by atoms with Crippen LogP contribution in [0.1, 0.15) is 91.5 Å². The molecule has 0 bridgehead atoms. The molecule has 2 aromatic rings. The topological polar surface area (TPSA) is 87.7 Å². The van der Waals surface area contributed by atoms with E-state index in [2.05, 4.69) is 17.6 Å². The van der Waals surface area contributed by atoms with E-state index in [1.54, 1.807) is 25.7 Å². The molecule has 2 unspecified atom stereocenters. The molecule has 2 atom stereocenters. The summed E-state index contributed by atoms with van der Waals surface area (Å²) < 4.78 is 5.47. The third-order valence-electron chi connectivity index (χ3n) is 6.88. The zero-order valence-corrected chi connectivity index (χ0v) is 25.1. The molecule has 0 aliphatic carbocycles. The Balaban J connectivity index is 2.56. The van der Waals surface area contributed by atoms with E-state index in [0.29, 0.717) is 18.5 Å². The van der Waals surface area contributed by atoms with Crippen molar-refractivity contribution in [3.63, 3.8) is 0 Å². The van der Waals surface area contributed by atoms with Gasteiger partial charge in [0.1, 0.15) is 17.7 Å². The van der Waals surface area contributed by atoms with Gasteiger partial charge in [-0.2, -0.15) is 0 Å². The molecule has 39 heavy (non-hydrogen) atoms. The smallest absolute Gasteiger partial charge is 0.408 e. The lowest BCUT2D eigenvalue weighted by atomic mass is 9.90. The first kappa shape index (κ1) is 31.9. The molecule has 2 rings (SSSR count). The number of nitrogens with zero attached hydrogens (tertiary/aromatic N) is 1. The van der Waals surface area contributed by atoms with Gasteiger partial charge in [-0.1, -0.05) is 82.3 Å². The predicted molar refractivity (Wildman–Crippen MR) is 156 cm³/mol. The number of alkyl carbamates (subject to hydrolysis) is 1. The van der Waals surface area contributed by atoms with Gasteiger partial charge in [-0.15, -0.1) is 0 Å². The minimum Gasteiger partial charge on any atom is -0.444 e. The second-order valence-corrected chi connectivity index (χ2v) is 11.9.